The number of rotatable bonds is 6. The summed E-state index contributed by atoms with van der Waals surface area (Å²) in [7, 11) is 0. The smallest absolute Gasteiger partial charge is 0.234 e. The molecule has 1 atom stereocenters. The maximum atomic E-state index is 12.6. The SMILES string of the molecule is C=CCNC(=O)CN1CCN(C(=O)C(C)c2ccc(C)s2)CC1. The highest BCUT2D eigenvalue weighted by Crippen LogP contribution is 2.26. The first-order chi connectivity index (χ1) is 11.0. The molecule has 2 rings (SSSR count). The average Bonchev–Trinajstić information content (AvgIpc) is 2.98. The van der Waals surface area contributed by atoms with Gasteiger partial charge in [-0.1, -0.05) is 6.08 Å². The first-order valence-corrected chi connectivity index (χ1v) is 8.78. The Morgan fingerprint density at radius 2 is 2.04 bits per heavy atom. The number of hydrogen-bond donors (Lipinski definition) is 1. The Kier molecular flexibility index (Phi) is 6.36. The molecule has 1 aromatic heterocycles. The lowest BCUT2D eigenvalue weighted by Crippen LogP contribution is -2.51. The van der Waals surface area contributed by atoms with E-state index in [1.54, 1.807) is 17.4 Å². The van der Waals surface area contributed by atoms with Gasteiger partial charge in [-0.2, -0.15) is 0 Å². The van der Waals surface area contributed by atoms with Crippen molar-refractivity contribution >= 4 is 23.2 Å². The highest BCUT2D eigenvalue weighted by Gasteiger charge is 2.27. The van der Waals surface area contributed by atoms with Crippen LogP contribution in [0.3, 0.4) is 0 Å². The number of nitrogens with one attached hydrogen (secondary N) is 1. The number of carbonyl (C=O) groups excluding carboxylic acids is 2. The van der Waals surface area contributed by atoms with Gasteiger partial charge in [-0.05, 0) is 26.0 Å². The third-order valence-corrected chi connectivity index (χ3v) is 5.24. The Hall–Kier alpha value is -1.66. The van der Waals surface area contributed by atoms with Crippen LogP contribution < -0.4 is 5.32 Å². The van der Waals surface area contributed by atoms with E-state index in [2.05, 4.69) is 29.8 Å². The summed E-state index contributed by atoms with van der Waals surface area (Å²) in [5, 5.41) is 2.78. The minimum Gasteiger partial charge on any atom is -0.352 e. The number of hydrogen-bond acceptors (Lipinski definition) is 4. The monoisotopic (exact) mass is 335 g/mol. The lowest BCUT2D eigenvalue weighted by molar-refractivity contribution is -0.134. The summed E-state index contributed by atoms with van der Waals surface area (Å²) in [6, 6.07) is 4.10. The molecule has 6 heteroatoms. The van der Waals surface area contributed by atoms with E-state index >= 15 is 0 Å². The van der Waals surface area contributed by atoms with Crippen LogP contribution in [0.2, 0.25) is 0 Å². The number of carbonyl (C=O) groups is 2. The standard InChI is InChI=1S/C17H25N3O2S/c1-4-7-18-16(21)12-19-8-10-20(11-9-19)17(22)14(3)15-6-5-13(2)23-15/h4-6,14H,1,7-12H2,2-3H3,(H,18,21). The van der Waals surface area contributed by atoms with Crippen molar-refractivity contribution in [3.63, 3.8) is 0 Å². The van der Waals surface area contributed by atoms with Crippen molar-refractivity contribution in [2.45, 2.75) is 19.8 Å². The third-order valence-electron chi connectivity index (χ3n) is 4.05. The van der Waals surface area contributed by atoms with Crippen molar-refractivity contribution in [1.82, 2.24) is 15.1 Å². The predicted octanol–water partition coefficient (Wildman–Crippen LogP) is 1.61. The Morgan fingerprint density at radius 1 is 1.35 bits per heavy atom. The molecule has 1 aliphatic rings. The number of thiophene rings is 1. The topological polar surface area (TPSA) is 52.7 Å². The summed E-state index contributed by atoms with van der Waals surface area (Å²) < 4.78 is 0. The van der Waals surface area contributed by atoms with Crippen molar-refractivity contribution in [3.05, 3.63) is 34.5 Å². The van der Waals surface area contributed by atoms with Gasteiger partial charge in [0, 0.05) is 42.5 Å². The summed E-state index contributed by atoms with van der Waals surface area (Å²) in [4.78, 5) is 30.7. The molecular formula is C17H25N3O2S. The first-order valence-electron chi connectivity index (χ1n) is 7.96. The van der Waals surface area contributed by atoms with Crippen molar-refractivity contribution in [3.8, 4) is 0 Å². The molecule has 1 N–H and O–H groups in total. The molecule has 0 aromatic carbocycles. The van der Waals surface area contributed by atoms with Gasteiger partial charge in [0.15, 0.2) is 0 Å². The van der Waals surface area contributed by atoms with E-state index in [-0.39, 0.29) is 17.7 Å². The van der Waals surface area contributed by atoms with Crippen molar-refractivity contribution in [1.29, 1.82) is 0 Å². The Morgan fingerprint density at radius 3 is 2.61 bits per heavy atom. The quantitative estimate of drug-likeness (QED) is 0.804. The second kappa shape index (κ2) is 8.26. The lowest BCUT2D eigenvalue weighted by atomic mass is 10.1. The van der Waals surface area contributed by atoms with E-state index in [0.29, 0.717) is 26.2 Å². The number of nitrogens with zero attached hydrogens (tertiary/aromatic N) is 2. The molecule has 1 aliphatic heterocycles. The Balaban J connectivity index is 1.80. The third kappa shape index (κ3) is 4.91. The Bertz CT molecular complexity index is 562. The minimum absolute atomic E-state index is 0.00658. The number of amides is 2. The zero-order chi connectivity index (χ0) is 16.8. The largest absolute Gasteiger partial charge is 0.352 e. The van der Waals surface area contributed by atoms with Gasteiger partial charge in [-0.25, -0.2) is 0 Å². The highest BCUT2D eigenvalue weighted by molar-refractivity contribution is 7.12. The highest BCUT2D eigenvalue weighted by atomic mass is 32.1. The van der Waals surface area contributed by atoms with Crippen LogP contribution in [0.5, 0.6) is 0 Å². The van der Waals surface area contributed by atoms with E-state index in [1.165, 1.54) is 4.88 Å². The van der Waals surface area contributed by atoms with Gasteiger partial charge < -0.3 is 10.2 Å². The predicted molar refractivity (Wildman–Crippen MR) is 93.7 cm³/mol. The summed E-state index contributed by atoms with van der Waals surface area (Å²) in [5.74, 6) is 0.103. The molecule has 0 radical (unpaired) electrons. The minimum atomic E-state index is -0.0869. The van der Waals surface area contributed by atoms with Crippen LogP contribution in [0.4, 0.5) is 0 Å². The maximum Gasteiger partial charge on any atom is 0.234 e. The molecule has 2 amide bonds. The molecule has 1 saturated heterocycles. The first kappa shape index (κ1) is 17.7. The lowest BCUT2D eigenvalue weighted by Gasteiger charge is -2.35. The zero-order valence-electron chi connectivity index (χ0n) is 13.9. The van der Waals surface area contributed by atoms with Crippen molar-refractivity contribution in [2.75, 3.05) is 39.3 Å². The van der Waals surface area contributed by atoms with Crippen LogP contribution in [0, 0.1) is 6.92 Å². The molecule has 2 heterocycles. The van der Waals surface area contributed by atoms with Crippen LogP contribution >= 0.6 is 11.3 Å². The molecule has 5 nitrogen and oxygen atoms in total. The van der Waals surface area contributed by atoms with Gasteiger partial charge in [0.05, 0.1) is 12.5 Å². The molecule has 0 aliphatic carbocycles. The summed E-state index contributed by atoms with van der Waals surface area (Å²) >= 11 is 1.69. The number of aryl methyl sites for hydroxylation is 1. The van der Waals surface area contributed by atoms with Gasteiger partial charge in [0.1, 0.15) is 0 Å². The second-order valence-electron chi connectivity index (χ2n) is 5.86. The van der Waals surface area contributed by atoms with E-state index in [1.807, 2.05) is 17.9 Å². The van der Waals surface area contributed by atoms with Crippen LogP contribution in [0.25, 0.3) is 0 Å². The van der Waals surface area contributed by atoms with Crippen molar-refractivity contribution in [2.24, 2.45) is 0 Å². The van der Waals surface area contributed by atoms with Crippen molar-refractivity contribution < 1.29 is 9.59 Å². The fourth-order valence-corrected chi connectivity index (χ4v) is 3.57. The van der Waals surface area contributed by atoms with E-state index in [0.717, 1.165) is 18.0 Å². The number of piperazine rings is 1. The normalized spacial score (nSPS) is 16.9. The average molecular weight is 335 g/mol. The molecular weight excluding hydrogens is 310 g/mol. The maximum absolute atomic E-state index is 12.6. The molecule has 23 heavy (non-hydrogen) atoms. The van der Waals surface area contributed by atoms with Gasteiger partial charge in [0.25, 0.3) is 0 Å². The zero-order valence-corrected chi connectivity index (χ0v) is 14.7. The Labute approximate surface area is 142 Å². The summed E-state index contributed by atoms with van der Waals surface area (Å²) in [6.07, 6.45) is 1.67. The van der Waals surface area contributed by atoms with E-state index in [9.17, 15) is 9.59 Å². The van der Waals surface area contributed by atoms with E-state index < -0.39 is 0 Å². The molecule has 1 aromatic rings. The van der Waals surface area contributed by atoms with Crippen LogP contribution in [-0.2, 0) is 9.59 Å². The molecule has 0 bridgehead atoms. The van der Waals surface area contributed by atoms with Gasteiger partial charge in [-0.3, -0.25) is 14.5 Å². The summed E-state index contributed by atoms with van der Waals surface area (Å²) in [5.41, 5.74) is 0. The fraction of sp³-hybridized carbons (Fsp3) is 0.529. The molecule has 126 valence electrons. The molecule has 1 unspecified atom stereocenters. The van der Waals surface area contributed by atoms with Crippen LogP contribution in [0.15, 0.2) is 24.8 Å². The van der Waals surface area contributed by atoms with Gasteiger partial charge in [-0.15, -0.1) is 17.9 Å². The molecule has 0 saturated carbocycles. The van der Waals surface area contributed by atoms with Gasteiger partial charge >= 0.3 is 0 Å². The van der Waals surface area contributed by atoms with E-state index in [4.69, 9.17) is 0 Å². The summed E-state index contributed by atoms with van der Waals surface area (Å²) in [6.45, 7) is 11.3. The fourth-order valence-electron chi connectivity index (χ4n) is 2.65. The second-order valence-corrected chi connectivity index (χ2v) is 7.18. The van der Waals surface area contributed by atoms with Gasteiger partial charge in [0.2, 0.25) is 11.8 Å². The van der Waals surface area contributed by atoms with Crippen LogP contribution in [-0.4, -0.2) is 60.9 Å². The molecule has 0 spiro atoms. The van der Waals surface area contributed by atoms with Crippen LogP contribution in [0.1, 0.15) is 22.6 Å². The molecule has 1 fully saturated rings.